The Labute approximate surface area is 123 Å². The molecule has 5 heteroatoms. The second-order valence-corrected chi connectivity index (χ2v) is 6.09. The summed E-state index contributed by atoms with van der Waals surface area (Å²) >= 11 is 3.40. The minimum Gasteiger partial charge on any atom is -0.492 e. The van der Waals surface area contributed by atoms with Crippen molar-refractivity contribution in [2.75, 3.05) is 40.0 Å². The Morgan fingerprint density at radius 1 is 1.32 bits per heavy atom. The van der Waals surface area contributed by atoms with E-state index >= 15 is 0 Å². The Bertz CT molecular complexity index is 383. The van der Waals surface area contributed by atoms with Crippen molar-refractivity contribution in [3.8, 4) is 5.75 Å². The third kappa shape index (κ3) is 5.91. The number of rotatable bonds is 8. The first kappa shape index (κ1) is 16.4. The summed E-state index contributed by atoms with van der Waals surface area (Å²) in [6, 6.07) is 7.71. The second-order valence-electron chi connectivity index (χ2n) is 5.17. The second kappa shape index (κ2) is 7.85. The maximum atomic E-state index is 9.25. The first-order chi connectivity index (χ1) is 8.99. The summed E-state index contributed by atoms with van der Waals surface area (Å²) in [6.07, 6.45) is 0. The van der Waals surface area contributed by atoms with Crippen LogP contribution in [0.5, 0.6) is 5.75 Å². The van der Waals surface area contributed by atoms with E-state index in [1.54, 1.807) is 0 Å². The molecule has 0 bridgehead atoms. The monoisotopic (exact) mass is 331 g/mol. The summed E-state index contributed by atoms with van der Waals surface area (Å²) in [4.78, 5) is 2.05. The number of hydrogen-bond donors (Lipinski definition) is 2. The molecule has 1 rings (SSSR count). The van der Waals surface area contributed by atoms with Gasteiger partial charge in [-0.2, -0.15) is 0 Å². The standard InChI is InChI=1S/C14H22BrNO3/c1-14(10-17,11-18)9-16(2)6-7-19-13-5-3-4-12(15)8-13/h3-5,8,17-18H,6-7,9-11H2,1-2H3. The first-order valence-corrected chi connectivity index (χ1v) is 7.07. The summed E-state index contributed by atoms with van der Waals surface area (Å²) < 4.78 is 6.63. The Morgan fingerprint density at radius 3 is 2.58 bits per heavy atom. The highest BCUT2D eigenvalue weighted by molar-refractivity contribution is 9.10. The van der Waals surface area contributed by atoms with Crippen molar-refractivity contribution in [1.29, 1.82) is 0 Å². The number of hydrogen-bond acceptors (Lipinski definition) is 4. The Kier molecular flexibility index (Phi) is 6.79. The molecule has 0 saturated heterocycles. The van der Waals surface area contributed by atoms with Gasteiger partial charge in [0.2, 0.25) is 0 Å². The van der Waals surface area contributed by atoms with Crippen molar-refractivity contribution >= 4 is 15.9 Å². The van der Waals surface area contributed by atoms with Gasteiger partial charge in [0.1, 0.15) is 12.4 Å². The fourth-order valence-electron chi connectivity index (χ4n) is 1.76. The number of benzene rings is 1. The van der Waals surface area contributed by atoms with E-state index in [1.807, 2.05) is 43.1 Å². The molecule has 0 fully saturated rings. The molecule has 0 atom stereocenters. The van der Waals surface area contributed by atoms with Gasteiger partial charge in [0, 0.05) is 23.0 Å². The van der Waals surface area contributed by atoms with Crippen LogP contribution in [0.25, 0.3) is 0 Å². The summed E-state index contributed by atoms with van der Waals surface area (Å²) in [6.45, 7) is 3.74. The Hall–Kier alpha value is -0.620. The fraction of sp³-hybridized carbons (Fsp3) is 0.571. The van der Waals surface area contributed by atoms with E-state index in [1.165, 1.54) is 0 Å². The number of likely N-dealkylation sites (N-methyl/N-ethyl adjacent to an activating group) is 1. The molecule has 0 spiro atoms. The number of ether oxygens (including phenoxy) is 1. The van der Waals surface area contributed by atoms with Gasteiger partial charge in [-0.3, -0.25) is 0 Å². The first-order valence-electron chi connectivity index (χ1n) is 6.28. The average molecular weight is 332 g/mol. The van der Waals surface area contributed by atoms with Gasteiger partial charge in [-0.15, -0.1) is 0 Å². The number of aliphatic hydroxyl groups excluding tert-OH is 2. The van der Waals surface area contributed by atoms with E-state index in [0.717, 1.165) is 16.8 Å². The zero-order valence-corrected chi connectivity index (χ0v) is 13.1. The van der Waals surface area contributed by atoms with Crippen LogP contribution in [0.1, 0.15) is 6.92 Å². The van der Waals surface area contributed by atoms with Gasteiger partial charge >= 0.3 is 0 Å². The molecule has 0 radical (unpaired) electrons. The van der Waals surface area contributed by atoms with E-state index in [0.29, 0.717) is 13.2 Å². The molecule has 19 heavy (non-hydrogen) atoms. The SMILES string of the molecule is CN(CCOc1cccc(Br)c1)CC(C)(CO)CO. The van der Waals surface area contributed by atoms with Crippen LogP contribution in [0, 0.1) is 5.41 Å². The van der Waals surface area contributed by atoms with Crippen molar-refractivity contribution in [3.63, 3.8) is 0 Å². The van der Waals surface area contributed by atoms with Crippen molar-refractivity contribution in [2.45, 2.75) is 6.92 Å². The summed E-state index contributed by atoms with van der Waals surface area (Å²) in [5, 5.41) is 18.5. The molecule has 4 nitrogen and oxygen atoms in total. The minimum atomic E-state index is -0.468. The quantitative estimate of drug-likeness (QED) is 0.762. The van der Waals surface area contributed by atoms with E-state index < -0.39 is 5.41 Å². The molecule has 0 saturated carbocycles. The molecule has 108 valence electrons. The molecule has 1 aromatic rings. The molecule has 0 aliphatic carbocycles. The van der Waals surface area contributed by atoms with Crippen LogP contribution in [-0.2, 0) is 0 Å². The molecule has 0 amide bonds. The molecular formula is C14H22BrNO3. The van der Waals surface area contributed by atoms with E-state index in [4.69, 9.17) is 4.74 Å². The zero-order chi connectivity index (χ0) is 14.3. The Morgan fingerprint density at radius 2 is 2.00 bits per heavy atom. The molecule has 0 heterocycles. The van der Waals surface area contributed by atoms with Gasteiger partial charge in [-0.05, 0) is 25.2 Å². The van der Waals surface area contributed by atoms with Gasteiger partial charge in [-0.25, -0.2) is 0 Å². The van der Waals surface area contributed by atoms with E-state index in [9.17, 15) is 10.2 Å². The van der Waals surface area contributed by atoms with Crippen LogP contribution >= 0.6 is 15.9 Å². The lowest BCUT2D eigenvalue weighted by atomic mass is 9.92. The summed E-state index contributed by atoms with van der Waals surface area (Å²) in [5.41, 5.74) is -0.468. The van der Waals surface area contributed by atoms with E-state index in [2.05, 4.69) is 15.9 Å². The highest BCUT2D eigenvalue weighted by atomic mass is 79.9. The van der Waals surface area contributed by atoms with Crippen LogP contribution in [0.2, 0.25) is 0 Å². The molecule has 0 aliphatic heterocycles. The topological polar surface area (TPSA) is 52.9 Å². The van der Waals surface area contributed by atoms with Gasteiger partial charge in [0.05, 0.1) is 13.2 Å². The molecule has 2 N–H and O–H groups in total. The van der Waals surface area contributed by atoms with Crippen LogP contribution in [0.3, 0.4) is 0 Å². The molecule has 0 aliphatic rings. The largest absolute Gasteiger partial charge is 0.492 e. The predicted octanol–water partition coefficient (Wildman–Crippen LogP) is 1.75. The summed E-state index contributed by atoms with van der Waals surface area (Å²) in [7, 11) is 1.95. The van der Waals surface area contributed by atoms with Crippen molar-refractivity contribution in [2.24, 2.45) is 5.41 Å². The van der Waals surface area contributed by atoms with Crippen LogP contribution < -0.4 is 4.74 Å². The van der Waals surface area contributed by atoms with E-state index in [-0.39, 0.29) is 13.2 Å². The molecule has 0 unspecified atom stereocenters. The van der Waals surface area contributed by atoms with Crippen LogP contribution in [0.15, 0.2) is 28.7 Å². The number of nitrogens with zero attached hydrogens (tertiary/aromatic N) is 1. The van der Waals surface area contributed by atoms with Gasteiger partial charge in [-0.1, -0.05) is 28.9 Å². The normalized spacial score (nSPS) is 11.9. The average Bonchev–Trinajstić information content (AvgIpc) is 2.38. The van der Waals surface area contributed by atoms with Crippen LogP contribution in [-0.4, -0.2) is 55.1 Å². The van der Waals surface area contributed by atoms with Gasteiger partial charge in [0.15, 0.2) is 0 Å². The van der Waals surface area contributed by atoms with Crippen molar-refractivity contribution in [1.82, 2.24) is 4.90 Å². The number of halogens is 1. The summed E-state index contributed by atoms with van der Waals surface area (Å²) in [5.74, 6) is 0.829. The van der Waals surface area contributed by atoms with Gasteiger partial charge < -0.3 is 19.8 Å². The third-order valence-corrected chi connectivity index (χ3v) is 3.45. The lowest BCUT2D eigenvalue weighted by Crippen LogP contribution is -2.40. The maximum absolute atomic E-state index is 9.25. The molecule has 1 aromatic carbocycles. The maximum Gasteiger partial charge on any atom is 0.120 e. The highest BCUT2D eigenvalue weighted by Gasteiger charge is 2.24. The van der Waals surface area contributed by atoms with Gasteiger partial charge in [0.25, 0.3) is 0 Å². The molecular weight excluding hydrogens is 310 g/mol. The predicted molar refractivity (Wildman–Crippen MR) is 79.4 cm³/mol. The zero-order valence-electron chi connectivity index (χ0n) is 11.5. The van der Waals surface area contributed by atoms with Crippen molar-refractivity contribution in [3.05, 3.63) is 28.7 Å². The van der Waals surface area contributed by atoms with Crippen LogP contribution in [0.4, 0.5) is 0 Å². The lowest BCUT2D eigenvalue weighted by Gasteiger charge is -2.30. The third-order valence-electron chi connectivity index (χ3n) is 2.95. The smallest absolute Gasteiger partial charge is 0.120 e. The molecule has 0 aromatic heterocycles. The minimum absolute atomic E-state index is 0.0275. The fourth-order valence-corrected chi connectivity index (χ4v) is 2.14. The Balaban J connectivity index is 2.33. The number of aliphatic hydroxyl groups is 2. The lowest BCUT2D eigenvalue weighted by molar-refractivity contribution is 0.0390. The van der Waals surface area contributed by atoms with Crippen molar-refractivity contribution < 1.29 is 14.9 Å². The highest BCUT2D eigenvalue weighted by Crippen LogP contribution is 2.18.